The lowest BCUT2D eigenvalue weighted by molar-refractivity contribution is -0.671. The maximum atomic E-state index is 12.7. The van der Waals surface area contributed by atoms with Crippen LogP contribution in [0.2, 0.25) is 0 Å². The molecule has 3 rings (SSSR count). The minimum absolute atomic E-state index is 0. The molecule has 27 heavy (non-hydrogen) atoms. The average Bonchev–Trinajstić information content (AvgIpc) is 2.95. The molecule has 0 aliphatic heterocycles. The molecule has 0 fully saturated rings. The number of nitrogen functional groups attached to an aromatic ring is 1. The largest absolute Gasteiger partial charge is 1.00 e. The number of pyridine rings is 1. The molecule has 0 aliphatic carbocycles. The van der Waals surface area contributed by atoms with Crippen LogP contribution in [-0.2, 0) is 19.8 Å². The number of nitrogens with two attached hydrogens (primary N) is 1. The second-order valence-electron chi connectivity index (χ2n) is 5.69. The number of aryl methyl sites for hydroxylation is 1. The first kappa shape index (κ1) is 20.4. The van der Waals surface area contributed by atoms with Crippen molar-refractivity contribution in [3.05, 3.63) is 66.1 Å². The number of rotatable bonds is 4. The van der Waals surface area contributed by atoms with Crippen molar-refractivity contribution in [1.82, 2.24) is 9.78 Å². The highest BCUT2D eigenvalue weighted by Crippen LogP contribution is 2.32. The average molecular weight is 397 g/mol. The van der Waals surface area contributed by atoms with Crippen LogP contribution in [0.5, 0.6) is 0 Å². The minimum atomic E-state index is -4.43. The van der Waals surface area contributed by atoms with E-state index in [9.17, 15) is 13.2 Å². The molecule has 10 heteroatoms. The zero-order valence-corrected chi connectivity index (χ0v) is 15.0. The standard InChI is InChI=1S/C17H16F3N6.ClH/c1-25-7-5-12(6-8-25)11-26-16(21)15(10-22-26)24-23-14-4-2-3-13(9-14)17(18,19)20;/h2-10H,11,21H2,1H3;1H/q+1;/p-1. The Morgan fingerprint density at radius 1 is 1.15 bits per heavy atom. The first-order valence-corrected chi connectivity index (χ1v) is 7.67. The molecule has 0 atom stereocenters. The van der Waals surface area contributed by atoms with E-state index in [0.717, 1.165) is 17.7 Å². The molecule has 2 N–H and O–H groups in total. The van der Waals surface area contributed by atoms with E-state index < -0.39 is 11.7 Å². The van der Waals surface area contributed by atoms with Crippen LogP contribution >= 0.6 is 0 Å². The molecule has 3 aromatic rings. The molecule has 0 radical (unpaired) electrons. The van der Waals surface area contributed by atoms with E-state index in [1.807, 2.05) is 36.1 Å². The van der Waals surface area contributed by atoms with Crippen molar-refractivity contribution in [2.75, 3.05) is 5.73 Å². The van der Waals surface area contributed by atoms with Gasteiger partial charge in [-0.1, -0.05) is 6.07 Å². The highest BCUT2D eigenvalue weighted by atomic mass is 35.5. The van der Waals surface area contributed by atoms with Gasteiger partial charge in [0.15, 0.2) is 12.4 Å². The lowest BCUT2D eigenvalue weighted by atomic mass is 10.2. The highest BCUT2D eigenvalue weighted by Gasteiger charge is 2.30. The number of aromatic nitrogens is 3. The molecule has 0 saturated carbocycles. The van der Waals surface area contributed by atoms with Gasteiger partial charge in [0, 0.05) is 12.1 Å². The Morgan fingerprint density at radius 3 is 2.52 bits per heavy atom. The first-order chi connectivity index (χ1) is 12.3. The SMILES string of the molecule is C[n+]1ccc(Cn2ncc(N=Nc3cccc(C(F)(F)F)c3)c2N)cc1.[Cl-]. The van der Waals surface area contributed by atoms with Gasteiger partial charge in [0.2, 0.25) is 0 Å². The first-order valence-electron chi connectivity index (χ1n) is 7.67. The van der Waals surface area contributed by atoms with Crippen LogP contribution in [0, 0.1) is 0 Å². The number of hydrogen-bond donors (Lipinski definition) is 1. The van der Waals surface area contributed by atoms with Gasteiger partial charge in [-0.25, -0.2) is 9.25 Å². The molecular formula is C17H16ClF3N6. The number of alkyl halides is 3. The topological polar surface area (TPSA) is 72.4 Å². The summed E-state index contributed by atoms with van der Waals surface area (Å²) in [5, 5.41) is 11.9. The van der Waals surface area contributed by atoms with E-state index in [1.54, 1.807) is 4.68 Å². The van der Waals surface area contributed by atoms with Gasteiger partial charge >= 0.3 is 6.18 Å². The fourth-order valence-electron chi connectivity index (χ4n) is 2.25. The van der Waals surface area contributed by atoms with Crippen molar-refractivity contribution in [1.29, 1.82) is 0 Å². The van der Waals surface area contributed by atoms with Crippen molar-refractivity contribution >= 4 is 17.2 Å². The van der Waals surface area contributed by atoms with E-state index >= 15 is 0 Å². The summed E-state index contributed by atoms with van der Waals surface area (Å²) in [4.78, 5) is 0. The zero-order valence-electron chi connectivity index (χ0n) is 14.2. The second kappa shape index (κ2) is 8.17. The number of anilines is 1. The van der Waals surface area contributed by atoms with Gasteiger partial charge in [-0.2, -0.15) is 23.4 Å². The smallest absolute Gasteiger partial charge is 0.416 e. The Kier molecular flexibility index (Phi) is 6.17. The molecule has 0 amide bonds. The summed E-state index contributed by atoms with van der Waals surface area (Å²) < 4.78 is 41.6. The summed E-state index contributed by atoms with van der Waals surface area (Å²) in [6.45, 7) is 0.450. The molecule has 142 valence electrons. The van der Waals surface area contributed by atoms with Gasteiger partial charge in [0.05, 0.1) is 24.0 Å². The summed E-state index contributed by atoms with van der Waals surface area (Å²) in [6, 6.07) is 8.48. The molecule has 0 aliphatic rings. The number of halogens is 4. The Labute approximate surface area is 159 Å². The lowest BCUT2D eigenvalue weighted by Crippen LogP contribution is -3.00. The van der Waals surface area contributed by atoms with Crippen molar-refractivity contribution in [3.63, 3.8) is 0 Å². The predicted octanol–water partition coefficient (Wildman–Crippen LogP) is 0.776. The van der Waals surface area contributed by atoms with Gasteiger partial charge in [-0.15, -0.1) is 5.11 Å². The van der Waals surface area contributed by atoms with Gasteiger partial charge in [-0.3, -0.25) is 0 Å². The molecule has 6 nitrogen and oxygen atoms in total. The van der Waals surface area contributed by atoms with E-state index in [2.05, 4.69) is 15.3 Å². The van der Waals surface area contributed by atoms with Crippen molar-refractivity contribution in [2.45, 2.75) is 12.7 Å². The van der Waals surface area contributed by atoms with Crippen molar-refractivity contribution in [2.24, 2.45) is 17.3 Å². The maximum Gasteiger partial charge on any atom is 0.416 e. The quantitative estimate of drug-likeness (QED) is 0.523. The summed E-state index contributed by atoms with van der Waals surface area (Å²) in [5.74, 6) is 0.286. The van der Waals surface area contributed by atoms with Crippen LogP contribution in [0.15, 0.2) is 65.2 Å². The van der Waals surface area contributed by atoms with Crippen LogP contribution in [0.1, 0.15) is 11.1 Å². The number of nitrogens with zero attached hydrogens (tertiary/aromatic N) is 5. The molecule has 1 aromatic carbocycles. The molecular weight excluding hydrogens is 381 g/mol. The van der Waals surface area contributed by atoms with Gasteiger partial charge < -0.3 is 18.1 Å². The summed E-state index contributed by atoms with van der Waals surface area (Å²) in [5.41, 5.74) is 6.60. The van der Waals surface area contributed by atoms with E-state index in [-0.39, 0.29) is 23.9 Å². The van der Waals surface area contributed by atoms with Crippen molar-refractivity contribution in [3.8, 4) is 0 Å². The summed E-state index contributed by atoms with van der Waals surface area (Å²) in [6.07, 6.45) is 0.809. The second-order valence-corrected chi connectivity index (χ2v) is 5.69. The lowest BCUT2D eigenvalue weighted by Gasteiger charge is -2.06. The third kappa shape index (κ3) is 5.04. The molecule has 0 bridgehead atoms. The maximum absolute atomic E-state index is 12.7. The fraction of sp³-hybridized carbons (Fsp3) is 0.176. The van der Waals surface area contributed by atoms with Gasteiger partial charge in [0.25, 0.3) is 0 Å². The Hall–Kier alpha value is -2.94. The van der Waals surface area contributed by atoms with Crippen LogP contribution < -0.4 is 22.7 Å². The Morgan fingerprint density at radius 2 is 1.85 bits per heavy atom. The van der Waals surface area contributed by atoms with E-state index in [4.69, 9.17) is 5.73 Å². The van der Waals surface area contributed by atoms with Gasteiger partial charge in [-0.05, 0) is 23.8 Å². The zero-order chi connectivity index (χ0) is 18.7. The monoisotopic (exact) mass is 396 g/mol. The van der Waals surface area contributed by atoms with Crippen LogP contribution in [0.3, 0.4) is 0 Å². The fourth-order valence-corrected chi connectivity index (χ4v) is 2.25. The van der Waals surface area contributed by atoms with Crippen LogP contribution in [0.25, 0.3) is 0 Å². The molecule has 0 saturated heterocycles. The van der Waals surface area contributed by atoms with Crippen LogP contribution in [0.4, 0.5) is 30.4 Å². The number of azo groups is 1. The van der Waals surface area contributed by atoms with Gasteiger partial charge in [0.1, 0.15) is 18.6 Å². The van der Waals surface area contributed by atoms with E-state index in [0.29, 0.717) is 12.2 Å². The Balaban J connectivity index is 0.00000261. The molecule has 0 spiro atoms. The van der Waals surface area contributed by atoms with Crippen LogP contribution in [-0.4, -0.2) is 9.78 Å². The predicted molar refractivity (Wildman–Crippen MR) is 89.0 cm³/mol. The summed E-state index contributed by atoms with van der Waals surface area (Å²) >= 11 is 0. The van der Waals surface area contributed by atoms with E-state index in [1.165, 1.54) is 18.3 Å². The highest BCUT2D eigenvalue weighted by molar-refractivity contribution is 5.56. The third-order valence-corrected chi connectivity index (χ3v) is 3.69. The normalized spacial score (nSPS) is 11.6. The number of benzene rings is 1. The number of hydrogen-bond acceptors (Lipinski definition) is 4. The van der Waals surface area contributed by atoms with Crippen molar-refractivity contribution < 1.29 is 30.1 Å². The molecule has 2 aromatic heterocycles. The molecule has 0 unspecified atom stereocenters. The molecule has 2 heterocycles. The summed E-state index contributed by atoms with van der Waals surface area (Å²) in [7, 11) is 1.92. The minimum Gasteiger partial charge on any atom is -1.00 e. The third-order valence-electron chi connectivity index (χ3n) is 3.69. The Bertz CT molecular complexity index is 935.